The summed E-state index contributed by atoms with van der Waals surface area (Å²) >= 11 is 0. The summed E-state index contributed by atoms with van der Waals surface area (Å²) in [5.74, 6) is -0.257. The molecule has 0 unspecified atom stereocenters. The number of rotatable bonds is 2. The molecule has 80 valence electrons. The predicted octanol–water partition coefficient (Wildman–Crippen LogP) is 2.03. The van der Waals surface area contributed by atoms with E-state index in [0.717, 1.165) is 0 Å². The lowest BCUT2D eigenvalue weighted by molar-refractivity contribution is 0.102. The molecule has 2 rings (SSSR count). The number of nitrogens with one attached hydrogen (secondary N) is 2. The number of H-pyrrole nitrogens is 1. The van der Waals surface area contributed by atoms with Crippen LogP contribution in [0, 0.1) is 6.92 Å². The Bertz CT molecular complexity index is 504. The highest BCUT2D eigenvalue weighted by molar-refractivity contribution is 6.03. The van der Waals surface area contributed by atoms with E-state index in [2.05, 4.69) is 10.3 Å². The van der Waals surface area contributed by atoms with E-state index in [1.807, 2.05) is 0 Å². The SMILES string of the molecule is [CH]c1cc(NC(=O)c2ccc[nH]2)ccc1O. The maximum absolute atomic E-state index is 11.6. The monoisotopic (exact) mass is 214 g/mol. The summed E-state index contributed by atoms with van der Waals surface area (Å²) in [5, 5.41) is 11.9. The van der Waals surface area contributed by atoms with E-state index < -0.39 is 0 Å². The zero-order valence-corrected chi connectivity index (χ0v) is 8.40. The lowest BCUT2D eigenvalue weighted by Crippen LogP contribution is -2.12. The number of benzene rings is 1. The van der Waals surface area contributed by atoms with Crippen molar-refractivity contribution in [3.63, 3.8) is 0 Å². The van der Waals surface area contributed by atoms with Gasteiger partial charge in [-0.1, -0.05) is 0 Å². The number of anilines is 1. The normalized spacial score (nSPS) is 10.1. The first-order valence-corrected chi connectivity index (χ1v) is 4.70. The van der Waals surface area contributed by atoms with Crippen LogP contribution in [0.15, 0.2) is 36.5 Å². The van der Waals surface area contributed by atoms with E-state index >= 15 is 0 Å². The van der Waals surface area contributed by atoms with E-state index in [4.69, 9.17) is 6.92 Å². The number of hydrogen-bond donors (Lipinski definition) is 3. The summed E-state index contributed by atoms with van der Waals surface area (Å²) in [7, 11) is 0. The molecule has 0 saturated carbocycles. The Morgan fingerprint density at radius 2 is 2.19 bits per heavy atom. The van der Waals surface area contributed by atoms with Gasteiger partial charge in [-0.25, -0.2) is 0 Å². The second kappa shape index (κ2) is 4.10. The largest absolute Gasteiger partial charge is 0.508 e. The highest BCUT2D eigenvalue weighted by atomic mass is 16.3. The Balaban J connectivity index is 2.15. The molecule has 0 spiro atoms. The molecule has 0 saturated heterocycles. The molecule has 0 aliphatic carbocycles. The Kier molecular flexibility index (Phi) is 2.64. The van der Waals surface area contributed by atoms with Crippen molar-refractivity contribution in [3.8, 4) is 5.75 Å². The van der Waals surface area contributed by atoms with Gasteiger partial charge < -0.3 is 15.4 Å². The van der Waals surface area contributed by atoms with Gasteiger partial charge in [0.25, 0.3) is 5.91 Å². The van der Waals surface area contributed by atoms with Crippen molar-refractivity contribution >= 4 is 11.6 Å². The quantitative estimate of drug-likeness (QED) is 0.670. The molecule has 1 amide bonds. The van der Waals surface area contributed by atoms with Crippen molar-refractivity contribution < 1.29 is 9.90 Å². The summed E-state index contributed by atoms with van der Waals surface area (Å²) in [6.45, 7) is 5.51. The summed E-state index contributed by atoms with van der Waals surface area (Å²) in [6.07, 6.45) is 1.67. The van der Waals surface area contributed by atoms with Crippen molar-refractivity contribution in [2.45, 2.75) is 0 Å². The molecule has 2 radical (unpaired) electrons. The second-order valence-corrected chi connectivity index (χ2v) is 3.31. The van der Waals surface area contributed by atoms with Gasteiger partial charge >= 0.3 is 0 Å². The number of amides is 1. The van der Waals surface area contributed by atoms with Crippen molar-refractivity contribution in [3.05, 3.63) is 54.7 Å². The smallest absolute Gasteiger partial charge is 0.272 e. The molecule has 4 nitrogen and oxygen atoms in total. The van der Waals surface area contributed by atoms with Crippen molar-refractivity contribution in [2.75, 3.05) is 5.32 Å². The average Bonchev–Trinajstić information content (AvgIpc) is 2.77. The van der Waals surface area contributed by atoms with Crippen LogP contribution in [0.25, 0.3) is 0 Å². The molecule has 0 fully saturated rings. The maximum Gasteiger partial charge on any atom is 0.272 e. The lowest BCUT2D eigenvalue weighted by atomic mass is 10.2. The van der Waals surface area contributed by atoms with Gasteiger partial charge in [-0.3, -0.25) is 4.79 Å². The van der Waals surface area contributed by atoms with Crippen LogP contribution in [0.3, 0.4) is 0 Å². The molecule has 4 heteroatoms. The minimum absolute atomic E-state index is 0.00197. The molecule has 1 aromatic heterocycles. The second-order valence-electron chi connectivity index (χ2n) is 3.31. The summed E-state index contributed by atoms with van der Waals surface area (Å²) in [6, 6.07) is 7.90. The molecule has 1 heterocycles. The first-order valence-electron chi connectivity index (χ1n) is 4.70. The minimum Gasteiger partial charge on any atom is -0.508 e. The van der Waals surface area contributed by atoms with Crippen LogP contribution in [0.1, 0.15) is 16.1 Å². The number of carbonyl (C=O) groups excluding carboxylic acids is 1. The Morgan fingerprint density at radius 1 is 1.38 bits per heavy atom. The van der Waals surface area contributed by atoms with Gasteiger partial charge in [-0.15, -0.1) is 0 Å². The molecular formula is C12H10N2O2. The van der Waals surface area contributed by atoms with E-state index in [9.17, 15) is 9.90 Å². The number of carbonyl (C=O) groups is 1. The number of phenols is 1. The van der Waals surface area contributed by atoms with Gasteiger partial charge in [0, 0.05) is 24.4 Å². The van der Waals surface area contributed by atoms with Gasteiger partial charge in [0.1, 0.15) is 11.4 Å². The third-order valence-corrected chi connectivity index (χ3v) is 2.13. The number of aromatic hydroxyl groups is 1. The fraction of sp³-hybridized carbons (Fsp3) is 0. The molecule has 0 bridgehead atoms. The van der Waals surface area contributed by atoms with Gasteiger partial charge in [-0.05, 0) is 30.3 Å². The molecule has 1 aromatic carbocycles. The lowest BCUT2D eigenvalue weighted by Gasteiger charge is -2.05. The Labute approximate surface area is 92.9 Å². The topological polar surface area (TPSA) is 65.1 Å². The van der Waals surface area contributed by atoms with Crippen molar-refractivity contribution in [1.29, 1.82) is 0 Å². The molecule has 16 heavy (non-hydrogen) atoms. The highest BCUT2D eigenvalue weighted by Crippen LogP contribution is 2.20. The molecule has 3 N–H and O–H groups in total. The highest BCUT2D eigenvalue weighted by Gasteiger charge is 2.06. The molecule has 0 aliphatic rings. The summed E-state index contributed by atoms with van der Waals surface area (Å²) in [4.78, 5) is 14.4. The van der Waals surface area contributed by atoms with Crippen LogP contribution in [0.4, 0.5) is 5.69 Å². The molecule has 0 aliphatic heterocycles. The summed E-state index contributed by atoms with van der Waals surface area (Å²) in [5.41, 5.74) is 1.23. The molecule has 2 aromatic rings. The van der Waals surface area contributed by atoms with Crippen LogP contribution < -0.4 is 5.32 Å². The van der Waals surface area contributed by atoms with Gasteiger partial charge in [0.15, 0.2) is 0 Å². The van der Waals surface area contributed by atoms with Crippen molar-refractivity contribution in [1.82, 2.24) is 4.98 Å². The van der Waals surface area contributed by atoms with Crippen LogP contribution in [0.2, 0.25) is 0 Å². The minimum atomic E-state index is -0.255. The number of hydrogen-bond acceptors (Lipinski definition) is 2. The Morgan fingerprint density at radius 3 is 2.81 bits per heavy atom. The van der Waals surface area contributed by atoms with E-state index in [0.29, 0.717) is 11.4 Å². The maximum atomic E-state index is 11.6. The van der Waals surface area contributed by atoms with Gasteiger partial charge in [0.05, 0.1) is 0 Å². The van der Waals surface area contributed by atoms with E-state index in [1.54, 1.807) is 24.4 Å². The first-order chi connectivity index (χ1) is 7.66. The van der Waals surface area contributed by atoms with Crippen LogP contribution in [0.5, 0.6) is 5.75 Å². The van der Waals surface area contributed by atoms with Crippen LogP contribution in [-0.4, -0.2) is 16.0 Å². The molecule has 0 atom stereocenters. The fourth-order valence-electron chi connectivity index (χ4n) is 1.30. The number of aromatic nitrogens is 1. The first kappa shape index (κ1) is 10.3. The van der Waals surface area contributed by atoms with Gasteiger partial charge in [-0.2, -0.15) is 0 Å². The fourth-order valence-corrected chi connectivity index (χ4v) is 1.30. The van der Waals surface area contributed by atoms with E-state index in [1.165, 1.54) is 12.1 Å². The van der Waals surface area contributed by atoms with Gasteiger partial charge in [0.2, 0.25) is 0 Å². The predicted molar refractivity (Wildman–Crippen MR) is 60.3 cm³/mol. The number of phenolic OH excluding ortho intramolecular Hbond substituents is 1. The van der Waals surface area contributed by atoms with E-state index in [-0.39, 0.29) is 17.2 Å². The Hall–Kier alpha value is -2.23. The number of aromatic amines is 1. The van der Waals surface area contributed by atoms with Crippen LogP contribution >= 0.6 is 0 Å². The average molecular weight is 214 g/mol. The zero-order chi connectivity index (χ0) is 11.5. The zero-order valence-electron chi connectivity index (χ0n) is 8.40. The standard InChI is InChI=1S/C12H10N2O2/c1-8-7-9(4-5-11(8)15)14-12(16)10-3-2-6-13-10/h1-7,13,15H,(H,14,16). The van der Waals surface area contributed by atoms with Crippen molar-refractivity contribution in [2.24, 2.45) is 0 Å². The third kappa shape index (κ3) is 2.06. The third-order valence-electron chi connectivity index (χ3n) is 2.13. The van der Waals surface area contributed by atoms with Crippen LogP contribution in [-0.2, 0) is 0 Å². The summed E-state index contributed by atoms with van der Waals surface area (Å²) < 4.78 is 0. The molecular weight excluding hydrogens is 204 g/mol.